The van der Waals surface area contributed by atoms with Gasteiger partial charge in [0.15, 0.2) is 0 Å². The molecular formula is C5H10O4. The van der Waals surface area contributed by atoms with E-state index in [0.717, 1.165) is 6.42 Å². The van der Waals surface area contributed by atoms with Crippen LogP contribution in [0, 0.1) is 0 Å². The van der Waals surface area contributed by atoms with Gasteiger partial charge in [-0.15, -0.1) is 0 Å². The Balaban J connectivity index is 3.06. The fourth-order valence-electron chi connectivity index (χ4n) is 0.318. The predicted octanol–water partition coefficient (Wildman–Crippen LogP) is 0.823. The molecule has 0 bridgehead atoms. The van der Waals surface area contributed by atoms with Gasteiger partial charge in [-0.05, 0) is 11.5 Å². The third-order valence-corrected chi connectivity index (χ3v) is 0.649. The van der Waals surface area contributed by atoms with E-state index in [0.29, 0.717) is 6.42 Å². The molecule has 0 saturated heterocycles. The second-order valence-corrected chi connectivity index (χ2v) is 1.44. The molecule has 0 aromatic heterocycles. The Morgan fingerprint density at radius 1 is 1.56 bits per heavy atom. The summed E-state index contributed by atoms with van der Waals surface area (Å²) < 4.78 is 0. The lowest BCUT2D eigenvalue weighted by atomic mass is 10.3. The monoisotopic (exact) mass is 134 g/mol. The topological polar surface area (TPSA) is 44.8 Å². The molecule has 0 spiro atoms. The zero-order valence-electron chi connectivity index (χ0n) is 5.55. The third-order valence-electron chi connectivity index (χ3n) is 0.649. The van der Waals surface area contributed by atoms with Gasteiger partial charge in [-0.1, -0.05) is 6.92 Å². The second kappa shape index (κ2) is 5.53. The zero-order chi connectivity index (χ0) is 7.11. The molecule has 0 rings (SSSR count). The van der Waals surface area contributed by atoms with Gasteiger partial charge in [0, 0.05) is 6.42 Å². The van der Waals surface area contributed by atoms with E-state index in [9.17, 15) is 4.79 Å². The Kier molecular flexibility index (Phi) is 5.15. The molecule has 0 aliphatic heterocycles. The van der Waals surface area contributed by atoms with E-state index in [1.165, 1.54) is 7.11 Å². The molecule has 0 heterocycles. The van der Waals surface area contributed by atoms with Gasteiger partial charge in [0.25, 0.3) is 0 Å². The van der Waals surface area contributed by atoms with E-state index >= 15 is 0 Å². The normalized spacial score (nSPS) is 9.11. The first-order valence-electron chi connectivity index (χ1n) is 2.71. The summed E-state index contributed by atoms with van der Waals surface area (Å²) in [7, 11) is 1.26. The van der Waals surface area contributed by atoms with Crippen molar-refractivity contribution in [2.24, 2.45) is 0 Å². The van der Waals surface area contributed by atoms with Crippen LogP contribution in [-0.4, -0.2) is 13.1 Å². The highest BCUT2D eigenvalue weighted by Gasteiger charge is 1.99. The van der Waals surface area contributed by atoms with Gasteiger partial charge in [-0.2, -0.15) is 4.89 Å². The molecule has 0 saturated carbocycles. The molecule has 0 unspecified atom stereocenters. The lowest BCUT2D eigenvalue weighted by molar-refractivity contribution is -0.475. The van der Waals surface area contributed by atoms with Crippen molar-refractivity contribution in [1.82, 2.24) is 0 Å². The fourth-order valence-corrected chi connectivity index (χ4v) is 0.318. The predicted molar refractivity (Wildman–Crippen MR) is 29.1 cm³/mol. The summed E-state index contributed by atoms with van der Waals surface area (Å²) >= 11 is 0. The van der Waals surface area contributed by atoms with E-state index in [2.05, 4.69) is 14.8 Å². The quantitative estimate of drug-likeness (QED) is 0.422. The summed E-state index contributed by atoms with van der Waals surface area (Å²) in [4.78, 5) is 18.5. The van der Waals surface area contributed by atoms with Gasteiger partial charge in [0.05, 0.1) is 7.11 Å². The van der Waals surface area contributed by atoms with Crippen molar-refractivity contribution in [2.75, 3.05) is 7.11 Å². The van der Waals surface area contributed by atoms with Crippen LogP contribution in [0.15, 0.2) is 0 Å². The summed E-state index contributed by atoms with van der Waals surface area (Å²) in [5, 5.41) is 3.90. The minimum absolute atomic E-state index is 0.351. The first-order chi connectivity index (χ1) is 4.31. The summed E-state index contributed by atoms with van der Waals surface area (Å²) in [5.74, 6) is -0.417. The van der Waals surface area contributed by atoms with Crippen LogP contribution < -0.4 is 0 Å². The highest BCUT2D eigenvalue weighted by molar-refractivity contribution is 5.68. The van der Waals surface area contributed by atoms with Gasteiger partial charge < -0.3 is 0 Å². The van der Waals surface area contributed by atoms with Crippen LogP contribution in [0.1, 0.15) is 19.8 Å². The molecule has 0 aromatic carbocycles. The molecule has 0 aliphatic carbocycles. The Hall–Kier alpha value is -0.610. The molecule has 0 aromatic rings. The lowest BCUT2D eigenvalue weighted by Crippen LogP contribution is -2.03. The number of rotatable bonds is 4. The fraction of sp³-hybridized carbons (Fsp3) is 0.800. The molecule has 0 fully saturated rings. The Morgan fingerprint density at radius 2 is 2.22 bits per heavy atom. The summed E-state index contributed by atoms with van der Waals surface area (Å²) in [5.41, 5.74) is 0. The average Bonchev–Trinajstić information content (AvgIpc) is 1.85. The minimum Gasteiger partial charge on any atom is -0.269 e. The molecular weight excluding hydrogens is 124 g/mol. The number of hydrogen-bond acceptors (Lipinski definition) is 4. The zero-order valence-corrected chi connectivity index (χ0v) is 5.55. The molecule has 4 nitrogen and oxygen atoms in total. The van der Waals surface area contributed by atoms with Crippen molar-refractivity contribution < 1.29 is 19.6 Å². The van der Waals surface area contributed by atoms with Crippen LogP contribution >= 0.6 is 0 Å². The molecule has 0 N–H and O–H groups in total. The van der Waals surface area contributed by atoms with Crippen molar-refractivity contribution >= 4 is 5.97 Å². The Bertz CT molecular complexity index is 81.0. The second-order valence-electron chi connectivity index (χ2n) is 1.44. The standard InChI is InChI=1S/C5H10O4/c1-3-4-5(6)8-9-7-2/h3-4H2,1-2H3. The van der Waals surface area contributed by atoms with Gasteiger partial charge >= 0.3 is 5.97 Å². The lowest BCUT2D eigenvalue weighted by Gasteiger charge is -1.95. The average molecular weight is 134 g/mol. The molecule has 0 aliphatic rings. The minimum atomic E-state index is -0.417. The van der Waals surface area contributed by atoms with Crippen LogP contribution in [-0.2, 0) is 19.6 Å². The largest absolute Gasteiger partial charge is 0.345 e. The van der Waals surface area contributed by atoms with Crippen LogP contribution in [0.5, 0.6) is 0 Å². The van der Waals surface area contributed by atoms with E-state index in [4.69, 9.17) is 0 Å². The molecule has 9 heavy (non-hydrogen) atoms. The summed E-state index contributed by atoms with van der Waals surface area (Å²) in [6.07, 6.45) is 1.09. The van der Waals surface area contributed by atoms with Gasteiger partial charge in [0.1, 0.15) is 0 Å². The van der Waals surface area contributed by atoms with E-state index in [-0.39, 0.29) is 0 Å². The summed E-state index contributed by atoms with van der Waals surface area (Å²) in [6.45, 7) is 1.87. The molecule has 4 heteroatoms. The van der Waals surface area contributed by atoms with Crippen LogP contribution in [0.2, 0.25) is 0 Å². The van der Waals surface area contributed by atoms with E-state index < -0.39 is 5.97 Å². The van der Waals surface area contributed by atoms with Gasteiger partial charge in [-0.3, -0.25) is 4.89 Å². The highest BCUT2D eigenvalue weighted by Crippen LogP contribution is 1.90. The number of carbonyl (C=O) groups excluding carboxylic acids is 1. The van der Waals surface area contributed by atoms with Gasteiger partial charge in [0.2, 0.25) is 0 Å². The Morgan fingerprint density at radius 3 is 2.67 bits per heavy atom. The van der Waals surface area contributed by atoms with Crippen molar-refractivity contribution in [3.05, 3.63) is 0 Å². The smallest absolute Gasteiger partial charge is 0.269 e. The van der Waals surface area contributed by atoms with Crippen molar-refractivity contribution in [1.29, 1.82) is 0 Å². The first-order valence-corrected chi connectivity index (χ1v) is 2.71. The number of hydrogen-bond donors (Lipinski definition) is 0. The first kappa shape index (κ1) is 8.39. The maximum Gasteiger partial charge on any atom is 0.345 e. The van der Waals surface area contributed by atoms with Crippen LogP contribution in [0.25, 0.3) is 0 Å². The van der Waals surface area contributed by atoms with Gasteiger partial charge in [-0.25, -0.2) is 4.79 Å². The third kappa shape index (κ3) is 5.26. The highest BCUT2D eigenvalue weighted by atomic mass is 17.5. The molecule has 54 valence electrons. The molecule has 0 atom stereocenters. The van der Waals surface area contributed by atoms with E-state index in [1.54, 1.807) is 0 Å². The maximum absolute atomic E-state index is 10.4. The van der Waals surface area contributed by atoms with Crippen LogP contribution in [0.3, 0.4) is 0 Å². The van der Waals surface area contributed by atoms with Crippen molar-refractivity contribution in [3.8, 4) is 0 Å². The molecule has 0 radical (unpaired) electrons. The SMILES string of the molecule is CCCC(=O)OOOC. The van der Waals surface area contributed by atoms with E-state index in [1.807, 2.05) is 6.92 Å². The number of carbonyl (C=O) groups is 1. The maximum atomic E-state index is 10.4. The van der Waals surface area contributed by atoms with Crippen molar-refractivity contribution in [2.45, 2.75) is 19.8 Å². The van der Waals surface area contributed by atoms with Crippen LogP contribution in [0.4, 0.5) is 0 Å². The molecule has 0 amide bonds. The van der Waals surface area contributed by atoms with Crippen molar-refractivity contribution in [3.63, 3.8) is 0 Å². The Labute approximate surface area is 53.6 Å². The summed E-state index contributed by atoms with van der Waals surface area (Å²) in [6, 6.07) is 0.